The monoisotopic (exact) mass is 407 g/mol. The molecule has 0 aliphatic rings. The summed E-state index contributed by atoms with van der Waals surface area (Å²) in [5.74, 6) is -0.430. The number of halogens is 2. The Morgan fingerprint density at radius 3 is 2.83 bits per heavy atom. The number of hydrogen-bond donors (Lipinski definition) is 1. The number of rotatable bonds is 5. The second kappa shape index (κ2) is 7.59. The molecule has 2 aromatic carbocycles. The molecule has 1 amide bonds. The van der Waals surface area contributed by atoms with E-state index in [-0.39, 0.29) is 22.6 Å². The molecule has 0 bridgehead atoms. The van der Waals surface area contributed by atoms with E-state index < -0.39 is 5.82 Å². The molecule has 1 N–H and O–H groups in total. The molecule has 0 radical (unpaired) electrons. The average molecular weight is 408 g/mol. The summed E-state index contributed by atoms with van der Waals surface area (Å²) < 4.78 is 19.9. The van der Waals surface area contributed by atoms with Gasteiger partial charge in [-0.3, -0.25) is 4.79 Å². The molecule has 0 aliphatic heterocycles. The van der Waals surface area contributed by atoms with Crippen molar-refractivity contribution in [2.24, 2.45) is 0 Å². The van der Waals surface area contributed by atoms with Gasteiger partial charge in [-0.1, -0.05) is 45.9 Å². The van der Waals surface area contributed by atoms with Crippen LogP contribution in [0.4, 0.5) is 10.1 Å². The van der Waals surface area contributed by atoms with Gasteiger partial charge in [-0.15, -0.1) is 10.2 Å². The van der Waals surface area contributed by atoms with Crippen LogP contribution in [0.15, 0.2) is 62.6 Å². The normalized spacial score (nSPS) is 10.6. The third-order valence-electron chi connectivity index (χ3n) is 2.95. The molecule has 0 unspecified atom stereocenters. The summed E-state index contributed by atoms with van der Waals surface area (Å²) in [5.41, 5.74) is 0.919. The number of carbonyl (C=O) groups is 1. The van der Waals surface area contributed by atoms with E-state index in [0.29, 0.717) is 5.89 Å². The SMILES string of the molecule is O=C(CSc1nnc(-c2cccc(Br)c2)o1)Nc1ccccc1F. The highest BCUT2D eigenvalue weighted by atomic mass is 79.9. The zero-order chi connectivity index (χ0) is 16.9. The van der Waals surface area contributed by atoms with Crippen molar-refractivity contribution in [2.45, 2.75) is 5.22 Å². The second-order valence-electron chi connectivity index (χ2n) is 4.70. The molecule has 0 spiro atoms. The number of carbonyl (C=O) groups excluding carboxylic acids is 1. The molecular weight excluding hydrogens is 397 g/mol. The molecule has 0 saturated carbocycles. The first kappa shape index (κ1) is 16.7. The van der Waals surface area contributed by atoms with E-state index in [9.17, 15) is 9.18 Å². The van der Waals surface area contributed by atoms with Crippen molar-refractivity contribution < 1.29 is 13.6 Å². The summed E-state index contributed by atoms with van der Waals surface area (Å²) in [6.45, 7) is 0. The van der Waals surface area contributed by atoms with Crippen LogP contribution >= 0.6 is 27.7 Å². The van der Waals surface area contributed by atoms with Gasteiger partial charge in [0.1, 0.15) is 5.82 Å². The topological polar surface area (TPSA) is 68.0 Å². The van der Waals surface area contributed by atoms with Gasteiger partial charge in [0, 0.05) is 10.0 Å². The number of nitrogens with one attached hydrogen (secondary N) is 1. The molecular formula is C16H11BrFN3O2S. The Hall–Kier alpha value is -2.19. The fourth-order valence-electron chi connectivity index (χ4n) is 1.88. The Kier molecular flexibility index (Phi) is 5.27. The molecule has 0 fully saturated rings. The van der Waals surface area contributed by atoms with Crippen LogP contribution in [0.1, 0.15) is 0 Å². The molecule has 3 aromatic rings. The maximum Gasteiger partial charge on any atom is 0.277 e. The standard InChI is InChI=1S/C16H11BrFN3O2S/c17-11-5-3-4-10(8-11)15-20-21-16(23-15)24-9-14(22)19-13-7-2-1-6-12(13)18/h1-8H,9H2,(H,19,22). The van der Waals surface area contributed by atoms with Crippen molar-refractivity contribution in [2.75, 3.05) is 11.1 Å². The Morgan fingerprint density at radius 2 is 2.04 bits per heavy atom. The second-order valence-corrected chi connectivity index (χ2v) is 6.54. The van der Waals surface area contributed by atoms with Crippen LogP contribution < -0.4 is 5.32 Å². The van der Waals surface area contributed by atoms with E-state index in [4.69, 9.17) is 4.42 Å². The summed E-state index contributed by atoms with van der Waals surface area (Å²) in [6.07, 6.45) is 0. The van der Waals surface area contributed by atoms with Gasteiger partial charge in [-0.2, -0.15) is 0 Å². The molecule has 0 atom stereocenters. The molecule has 122 valence electrons. The maximum absolute atomic E-state index is 13.5. The largest absolute Gasteiger partial charge is 0.411 e. The first-order chi connectivity index (χ1) is 11.6. The molecule has 0 aliphatic carbocycles. The smallest absolute Gasteiger partial charge is 0.277 e. The lowest BCUT2D eigenvalue weighted by Gasteiger charge is -2.04. The number of para-hydroxylation sites is 1. The van der Waals surface area contributed by atoms with E-state index in [1.54, 1.807) is 12.1 Å². The van der Waals surface area contributed by atoms with E-state index in [2.05, 4.69) is 31.4 Å². The minimum Gasteiger partial charge on any atom is -0.411 e. The molecule has 1 heterocycles. The van der Waals surface area contributed by atoms with Gasteiger partial charge < -0.3 is 9.73 Å². The van der Waals surface area contributed by atoms with Gasteiger partial charge in [0.05, 0.1) is 11.4 Å². The van der Waals surface area contributed by atoms with Gasteiger partial charge in [0.2, 0.25) is 11.8 Å². The highest BCUT2D eigenvalue weighted by molar-refractivity contribution is 9.10. The van der Waals surface area contributed by atoms with Crippen LogP contribution in [-0.4, -0.2) is 21.9 Å². The maximum atomic E-state index is 13.5. The van der Waals surface area contributed by atoms with Crippen LogP contribution in [-0.2, 0) is 4.79 Å². The van der Waals surface area contributed by atoms with Crippen molar-refractivity contribution in [3.8, 4) is 11.5 Å². The molecule has 3 rings (SSSR count). The lowest BCUT2D eigenvalue weighted by molar-refractivity contribution is -0.113. The fourth-order valence-corrected chi connectivity index (χ4v) is 2.84. The quantitative estimate of drug-likeness (QED) is 0.635. The first-order valence-electron chi connectivity index (χ1n) is 6.88. The van der Waals surface area contributed by atoms with E-state index in [1.807, 2.05) is 24.3 Å². The summed E-state index contributed by atoms with van der Waals surface area (Å²) >= 11 is 4.46. The lowest BCUT2D eigenvalue weighted by Crippen LogP contribution is -2.14. The first-order valence-corrected chi connectivity index (χ1v) is 8.66. The predicted molar refractivity (Wildman–Crippen MR) is 93.2 cm³/mol. The molecule has 1 aromatic heterocycles. The number of aromatic nitrogens is 2. The number of benzene rings is 2. The Bertz CT molecular complexity index is 872. The van der Waals surface area contributed by atoms with Gasteiger partial charge >= 0.3 is 0 Å². The Morgan fingerprint density at radius 1 is 1.21 bits per heavy atom. The summed E-state index contributed by atoms with van der Waals surface area (Å²) in [5, 5.41) is 10.6. The number of nitrogens with zero attached hydrogens (tertiary/aromatic N) is 2. The van der Waals surface area contributed by atoms with Crippen LogP contribution in [0.5, 0.6) is 0 Å². The number of hydrogen-bond acceptors (Lipinski definition) is 5. The zero-order valence-corrected chi connectivity index (χ0v) is 14.6. The van der Waals surface area contributed by atoms with Crippen LogP contribution in [0, 0.1) is 5.82 Å². The number of amides is 1. The predicted octanol–water partition coefficient (Wildman–Crippen LogP) is 4.37. The Labute approximate surface area is 149 Å². The summed E-state index contributed by atoms with van der Waals surface area (Å²) in [6, 6.07) is 13.4. The molecule has 0 saturated heterocycles. The zero-order valence-electron chi connectivity index (χ0n) is 12.2. The number of anilines is 1. The van der Waals surface area contributed by atoms with E-state index in [0.717, 1.165) is 21.8 Å². The van der Waals surface area contributed by atoms with Crippen LogP contribution in [0.3, 0.4) is 0 Å². The van der Waals surface area contributed by atoms with Crippen molar-refractivity contribution in [1.82, 2.24) is 10.2 Å². The minimum absolute atomic E-state index is 0.0362. The van der Waals surface area contributed by atoms with E-state index in [1.165, 1.54) is 12.1 Å². The van der Waals surface area contributed by atoms with Gasteiger partial charge in [0.15, 0.2) is 0 Å². The lowest BCUT2D eigenvalue weighted by atomic mass is 10.2. The third kappa shape index (κ3) is 4.21. The summed E-state index contributed by atoms with van der Waals surface area (Å²) in [4.78, 5) is 11.9. The Balaban J connectivity index is 1.59. The van der Waals surface area contributed by atoms with Crippen molar-refractivity contribution >= 4 is 39.3 Å². The third-order valence-corrected chi connectivity index (χ3v) is 4.26. The van der Waals surface area contributed by atoms with Crippen molar-refractivity contribution in [3.05, 3.63) is 58.8 Å². The average Bonchev–Trinajstić information content (AvgIpc) is 3.04. The number of thioether (sulfide) groups is 1. The van der Waals surface area contributed by atoms with Crippen molar-refractivity contribution in [3.63, 3.8) is 0 Å². The van der Waals surface area contributed by atoms with Gasteiger partial charge in [-0.05, 0) is 30.3 Å². The molecule has 24 heavy (non-hydrogen) atoms. The summed E-state index contributed by atoms with van der Waals surface area (Å²) in [7, 11) is 0. The highest BCUT2D eigenvalue weighted by Gasteiger charge is 2.12. The highest BCUT2D eigenvalue weighted by Crippen LogP contribution is 2.25. The van der Waals surface area contributed by atoms with Gasteiger partial charge in [0.25, 0.3) is 5.22 Å². The van der Waals surface area contributed by atoms with Crippen LogP contribution in [0.25, 0.3) is 11.5 Å². The molecule has 8 heteroatoms. The van der Waals surface area contributed by atoms with E-state index >= 15 is 0 Å². The fraction of sp³-hybridized carbons (Fsp3) is 0.0625. The van der Waals surface area contributed by atoms with Crippen molar-refractivity contribution in [1.29, 1.82) is 0 Å². The molecule has 5 nitrogen and oxygen atoms in total. The van der Waals surface area contributed by atoms with Crippen LogP contribution in [0.2, 0.25) is 0 Å². The minimum atomic E-state index is -0.481. The van der Waals surface area contributed by atoms with Gasteiger partial charge in [-0.25, -0.2) is 4.39 Å².